The van der Waals surface area contributed by atoms with Crippen molar-refractivity contribution < 1.29 is 14.1 Å². The summed E-state index contributed by atoms with van der Waals surface area (Å²) in [5.74, 6) is 0.428. The van der Waals surface area contributed by atoms with Crippen molar-refractivity contribution >= 4 is 16.8 Å². The van der Waals surface area contributed by atoms with Crippen molar-refractivity contribution in [3.05, 3.63) is 58.6 Å². The molecule has 1 heterocycles. The molecule has 6 nitrogen and oxygen atoms in total. The number of nitro benzene ring substituents is 1. The van der Waals surface area contributed by atoms with Crippen LogP contribution in [0, 0.1) is 10.1 Å². The molecule has 0 fully saturated rings. The molecule has 6 heteroatoms. The Hall–Kier alpha value is -2.89. The standard InChI is InChI=1S/C13H8N2O4/c16-15(17)9-5-7-10(8-6-9)18-13-14-11-3-1-2-4-12(11)19-13/h1-8H. The maximum absolute atomic E-state index is 10.5. The lowest BCUT2D eigenvalue weighted by Crippen LogP contribution is -1.88. The summed E-state index contributed by atoms with van der Waals surface area (Å²) >= 11 is 0. The summed E-state index contributed by atoms with van der Waals surface area (Å²) < 4.78 is 10.8. The van der Waals surface area contributed by atoms with Gasteiger partial charge in [0.1, 0.15) is 11.3 Å². The van der Waals surface area contributed by atoms with Crippen molar-refractivity contribution in [1.29, 1.82) is 0 Å². The fourth-order valence-corrected chi connectivity index (χ4v) is 1.63. The van der Waals surface area contributed by atoms with Gasteiger partial charge in [0, 0.05) is 12.1 Å². The van der Waals surface area contributed by atoms with Crippen LogP contribution in [0.25, 0.3) is 11.1 Å². The summed E-state index contributed by atoms with van der Waals surface area (Å²) in [6, 6.07) is 13.0. The number of nitro groups is 1. The van der Waals surface area contributed by atoms with Gasteiger partial charge in [0.2, 0.25) is 0 Å². The summed E-state index contributed by atoms with van der Waals surface area (Å²) in [5.41, 5.74) is 1.32. The summed E-state index contributed by atoms with van der Waals surface area (Å²) in [6.45, 7) is 0. The molecule has 0 radical (unpaired) electrons. The van der Waals surface area contributed by atoms with Crippen LogP contribution in [0.4, 0.5) is 5.69 Å². The molecule has 0 unspecified atom stereocenters. The molecule has 0 amide bonds. The van der Waals surface area contributed by atoms with Crippen molar-refractivity contribution in [2.24, 2.45) is 0 Å². The second kappa shape index (κ2) is 4.41. The van der Waals surface area contributed by atoms with Crippen molar-refractivity contribution in [3.8, 4) is 11.8 Å². The van der Waals surface area contributed by atoms with E-state index >= 15 is 0 Å². The maximum Gasteiger partial charge on any atom is 0.400 e. The van der Waals surface area contributed by atoms with E-state index < -0.39 is 4.92 Å². The highest BCUT2D eigenvalue weighted by atomic mass is 16.6. The van der Waals surface area contributed by atoms with Gasteiger partial charge in [-0.2, -0.15) is 4.98 Å². The minimum atomic E-state index is -0.469. The van der Waals surface area contributed by atoms with Crippen LogP contribution in [-0.4, -0.2) is 9.91 Å². The highest BCUT2D eigenvalue weighted by Crippen LogP contribution is 2.26. The molecular weight excluding hydrogens is 248 g/mol. The molecule has 0 aliphatic rings. The highest BCUT2D eigenvalue weighted by molar-refractivity contribution is 5.72. The summed E-state index contributed by atoms with van der Waals surface area (Å²) in [7, 11) is 0. The lowest BCUT2D eigenvalue weighted by atomic mass is 10.3. The number of rotatable bonds is 3. The Kier molecular flexibility index (Phi) is 2.60. The lowest BCUT2D eigenvalue weighted by molar-refractivity contribution is -0.384. The third-order valence-corrected chi connectivity index (χ3v) is 2.53. The minimum Gasteiger partial charge on any atom is -0.411 e. The average molecular weight is 256 g/mol. The molecule has 3 aromatic rings. The Morgan fingerprint density at radius 1 is 1.11 bits per heavy atom. The Labute approximate surface area is 107 Å². The quantitative estimate of drug-likeness (QED) is 0.529. The number of ether oxygens (including phenoxy) is 1. The van der Waals surface area contributed by atoms with Gasteiger partial charge < -0.3 is 9.15 Å². The van der Waals surface area contributed by atoms with Crippen molar-refractivity contribution in [3.63, 3.8) is 0 Å². The average Bonchev–Trinajstić information content (AvgIpc) is 2.81. The van der Waals surface area contributed by atoms with Gasteiger partial charge >= 0.3 is 6.08 Å². The number of hydrogen-bond acceptors (Lipinski definition) is 5. The second-order valence-electron chi connectivity index (χ2n) is 3.80. The van der Waals surface area contributed by atoms with E-state index in [-0.39, 0.29) is 11.8 Å². The van der Waals surface area contributed by atoms with Gasteiger partial charge in [0.25, 0.3) is 5.69 Å². The van der Waals surface area contributed by atoms with Gasteiger partial charge in [-0.05, 0) is 24.3 Å². The Morgan fingerprint density at radius 3 is 2.53 bits per heavy atom. The van der Waals surface area contributed by atoms with E-state index in [2.05, 4.69) is 4.98 Å². The topological polar surface area (TPSA) is 78.4 Å². The molecule has 0 atom stereocenters. The van der Waals surface area contributed by atoms with Crippen molar-refractivity contribution in [2.75, 3.05) is 0 Å². The van der Waals surface area contributed by atoms with Gasteiger partial charge in [0.05, 0.1) is 4.92 Å². The largest absolute Gasteiger partial charge is 0.411 e. The Balaban J connectivity index is 1.86. The van der Waals surface area contributed by atoms with Crippen LogP contribution in [0.1, 0.15) is 0 Å². The van der Waals surface area contributed by atoms with Crippen LogP contribution in [0.5, 0.6) is 11.8 Å². The first kappa shape index (κ1) is 11.2. The molecule has 3 rings (SSSR count). The molecule has 0 aliphatic heterocycles. The predicted molar refractivity (Wildman–Crippen MR) is 67.2 cm³/mol. The van der Waals surface area contributed by atoms with Gasteiger partial charge in [-0.3, -0.25) is 10.1 Å². The molecule has 0 aliphatic carbocycles. The number of aromatic nitrogens is 1. The smallest absolute Gasteiger partial charge is 0.400 e. The number of fused-ring (bicyclic) bond motifs is 1. The summed E-state index contributed by atoms with van der Waals surface area (Å²) in [5, 5.41) is 10.5. The lowest BCUT2D eigenvalue weighted by Gasteiger charge is -1.99. The minimum absolute atomic E-state index is 0.00455. The first-order chi connectivity index (χ1) is 9.22. The van der Waals surface area contributed by atoms with Crippen LogP contribution in [0.15, 0.2) is 52.9 Å². The Morgan fingerprint density at radius 2 is 1.84 bits per heavy atom. The molecular formula is C13H8N2O4. The second-order valence-corrected chi connectivity index (χ2v) is 3.80. The molecule has 94 valence electrons. The van der Waals surface area contributed by atoms with E-state index in [0.717, 1.165) is 0 Å². The first-order valence-electron chi connectivity index (χ1n) is 5.50. The van der Waals surface area contributed by atoms with E-state index in [0.29, 0.717) is 16.8 Å². The maximum atomic E-state index is 10.5. The fraction of sp³-hybridized carbons (Fsp3) is 0. The van der Waals surface area contributed by atoms with E-state index in [1.807, 2.05) is 18.2 Å². The van der Waals surface area contributed by atoms with Gasteiger partial charge in [-0.25, -0.2) is 0 Å². The fourth-order valence-electron chi connectivity index (χ4n) is 1.63. The normalized spacial score (nSPS) is 10.5. The van der Waals surface area contributed by atoms with Crippen molar-refractivity contribution in [1.82, 2.24) is 4.98 Å². The zero-order valence-electron chi connectivity index (χ0n) is 9.65. The van der Waals surface area contributed by atoms with E-state index in [1.54, 1.807) is 6.07 Å². The molecule has 0 saturated carbocycles. The van der Waals surface area contributed by atoms with Crippen LogP contribution in [0.2, 0.25) is 0 Å². The van der Waals surface area contributed by atoms with Crippen molar-refractivity contribution in [2.45, 2.75) is 0 Å². The number of para-hydroxylation sites is 2. The van der Waals surface area contributed by atoms with E-state index in [4.69, 9.17) is 9.15 Å². The summed E-state index contributed by atoms with van der Waals surface area (Å²) in [4.78, 5) is 14.2. The van der Waals surface area contributed by atoms with Crippen LogP contribution >= 0.6 is 0 Å². The van der Waals surface area contributed by atoms with Crippen LogP contribution < -0.4 is 4.74 Å². The molecule has 1 aromatic heterocycles. The van der Waals surface area contributed by atoms with E-state index in [9.17, 15) is 10.1 Å². The number of nitrogens with zero attached hydrogens (tertiary/aromatic N) is 2. The molecule has 0 N–H and O–H groups in total. The monoisotopic (exact) mass is 256 g/mol. The van der Waals surface area contributed by atoms with Gasteiger partial charge in [-0.1, -0.05) is 12.1 Å². The number of non-ortho nitro benzene ring substituents is 1. The molecule has 0 spiro atoms. The number of hydrogen-bond donors (Lipinski definition) is 0. The SMILES string of the molecule is O=[N+]([O-])c1ccc(Oc2nc3ccccc3o2)cc1. The number of oxazole rings is 1. The third kappa shape index (κ3) is 2.23. The molecule has 0 saturated heterocycles. The van der Waals surface area contributed by atoms with Gasteiger partial charge in [-0.15, -0.1) is 0 Å². The number of benzene rings is 2. The first-order valence-corrected chi connectivity index (χ1v) is 5.50. The Bertz CT molecular complexity index is 701. The molecule has 19 heavy (non-hydrogen) atoms. The molecule has 2 aromatic carbocycles. The van der Waals surface area contributed by atoms with Gasteiger partial charge in [0.15, 0.2) is 5.58 Å². The zero-order chi connectivity index (χ0) is 13.2. The zero-order valence-corrected chi connectivity index (χ0v) is 9.65. The van der Waals surface area contributed by atoms with E-state index in [1.165, 1.54) is 24.3 Å². The highest BCUT2D eigenvalue weighted by Gasteiger charge is 2.09. The summed E-state index contributed by atoms with van der Waals surface area (Å²) in [6.07, 6.45) is 0.107. The third-order valence-electron chi connectivity index (χ3n) is 2.53. The van der Waals surface area contributed by atoms with Crippen LogP contribution in [-0.2, 0) is 0 Å². The molecule has 0 bridgehead atoms. The predicted octanol–water partition coefficient (Wildman–Crippen LogP) is 3.53. The van der Waals surface area contributed by atoms with Crippen LogP contribution in [0.3, 0.4) is 0 Å².